The molecule has 4 N–H and O–H groups in total. The molecule has 1 rings (SSSR count). The highest BCUT2D eigenvalue weighted by atomic mass is 32.2. The van der Waals surface area contributed by atoms with Crippen molar-refractivity contribution in [1.29, 1.82) is 0 Å². The van der Waals surface area contributed by atoms with E-state index in [2.05, 4.69) is 24.5 Å². The first-order chi connectivity index (χ1) is 10.1. The Hall–Kier alpha value is -0.880. The van der Waals surface area contributed by atoms with E-state index in [1.807, 2.05) is 6.26 Å². The molecule has 120 valence electrons. The van der Waals surface area contributed by atoms with Gasteiger partial charge in [0.2, 0.25) is 0 Å². The van der Waals surface area contributed by atoms with E-state index in [4.69, 9.17) is 5.73 Å². The number of amides is 1. The lowest BCUT2D eigenvalue weighted by Crippen LogP contribution is -2.18. The van der Waals surface area contributed by atoms with Crippen LogP contribution in [0.1, 0.15) is 55.6 Å². The highest BCUT2D eigenvalue weighted by Crippen LogP contribution is 2.42. The summed E-state index contributed by atoms with van der Waals surface area (Å²) in [5.74, 6) is -0.110. The third-order valence-corrected chi connectivity index (χ3v) is 5.51. The lowest BCUT2D eigenvalue weighted by atomic mass is 10.1. The molecule has 0 bridgehead atoms. The molecule has 1 heterocycles. The number of nitrogens with two attached hydrogens (primary N) is 1. The van der Waals surface area contributed by atoms with Crippen molar-refractivity contribution < 1.29 is 4.79 Å². The molecule has 0 fully saturated rings. The van der Waals surface area contributed by atoms with Gasteiger partial charge in [-0.3, -0.25) is 4.79 Å². The average Bonchev–Trinajstić information content (AvgIpc) is 2.80. The molecule has 0 aliphatic carbocycles. The van der Waals surface area contributed by atoms with E-state index in [9.17, 15) is 4.79 Å². The summed E-state index contributed by atoms with van der Waals surface area (Å²) in [6.45, 7) is 4.41. The van der Waals surface area contributed by atoms with Crippen molar-refractivity contribution in [3.63, 3.8) is 0 Å². The number of carbonyl (C=O) groups excluding carboxylic acids is 1. The summed E-state index contributed by atoms with van der Waals surface area (Å²) in [4.78, 5) is 13.5. The van der Waals surface area contributed by atoms with Gasteiger partial charge in [0, 0.05) is 13.1 Å². The topological polar surface area (TPSA) is 67.2 Å². The number of thiophene rings is 1. The van der Waals surface area contributed by atoms with Crippen LogP contribution < -0.4 is 16.4 Å². The zero-order chi connectivity index (χ0) is 15.8. The molecule has 0 radical (unpaired) electrons. The van der Waals surface area contributed by atoms with Gasteiger partial charge in [0.05, 0.1) is 10.6 Å². The summed E-state index contributed by atoms with van der Waals surface area (Å²) in [6, 6.07) is 0.455. The first-order valence-electron chi connectivity index (χ1n) is 7.53. The molecular weight excluding hydrogens is 302 g/mol. The molecule has 1 atom stereocenters. The zero-order valence-corrected chi connectivity index (χ0v) is 15.0. The van der Waals surface area contributed by atoms with Crippen LogP contribution in [0.3, 0.4) is 0 Å². The minimum atomic E-state index is -0.110. The first-order valence-corrected chi connectivity index (χ1v) is 9.57. The Kier molecular flexibility index (Phi) is 7.96. The van der Waals surface area contributed by atoms with Gasteiger partial charge in [0.1, 0.15) is 9.88 Å². The molecule has 1 unspecified atom stereocenters. The van der Waals surface area contributed by atoms with Gasteiger partial charge in [-0.25, -0.2) is 0 Å². The van der Waals surface area contributed by atoms with Crippen LogP contribution in [0.2, 0.25) is 0 Å². The van der Waals surface area contributed by atoms with Crippen LogP contribution in [0.5, 0.6) is 0 Å². The minimum Gasteiger partial charge on any atom is -0.396 e. The standard InChI is InChI=1S/C15H27N3OS2/c1-5-7-9-10(8-6-2)18-15-13(20-4)11(16)12(21-15)14(19)17-3/h10,18H,5-9,16H2,1-4H3,(H,17,19). The predicted octanol–water partition coefficient (Wildman–Crippen LogP) is 4.18. The largest absolute Gasteiger partial charge is 0.396 e. The summed E-state index contributed by atoms with van der Waals surface area (Å²) in [7, 11) is 1.63. The fraction of sp³-hybridized carbons (Fsp3) is 0.667. The second-order valence-corrected chi connectivity index (χ2v) is 6.90. The number of nitrogens with one attached hydrogen (secondary N) is 2. The van der Waals surface area contributed by atoms with Crippen LogP contribution in [0.25, 0.3) is 0 Å². The Bertz CT molecular complexity index is 460. The number of carbonyl (C=O) groups is 1. The van der Waals surface area contributed by atoms with Gasteiger partial charge >= 0.3 is 0 Å². The van der Waals surface area contributed by atoms with Gasteiger partial charge in [-0.15, -0.1) is 23.1 Å². The highest BCUT2D eigenvalue weighted by molar-refractivity contribution is 7.99. The Morgan fingerprint density at radius 2 is 2.05 bits per heavy atom. The van der Waals surface area contributed by atoms with Crippen molar-refractivity contribution >= 4 is 39.7 Å². The van der Waals surface area contributed by atoms with Crippen molar-refractivity contribution in [3.05, 3.63) is 4.88 Å². The van der Waals surface area contributed by atoms with Crippen LogP contribution in [-0.4, -0.2) is 25.3 Å². The summed E-state index contributed by atoms with van der Waals surface area (Å²) in [5, 5.41) is 7.30. The molecule has 1 aromatic heterocycles. The molecule has 4 nitrogen and oxygen atoms in total. The zero-order valence-electron chi connectivity index (χ0n) is 13.4. The van der Waals surface area contributed by atoms with Crippen molar-refractivity contribution in [1.82, 2.24) is 5.32 Å². The van der Waals surface area contributed by atoms with Gasteiger partial charge in [-0.1, -0.05) is 33.1 Å². The maximum atomic E-state index is 11.9. The van der Waals surface area contributed by atoms with Crippen molar-refractivity contribution in [2.75, 3.05) is 24.4 Å². The Labute approximate surface area is 136 Å². The van der Waals surface area contributed by atoms with Crippen molar-refractivity contribution in [2.45, 2.75) is 56.9 Å². The lowest BCUT2D eigenvalue weighted by molar-refractivity contribution is 0.0968. The number of thioether (sulfide) groups is 1. The number of nitrogen functional groups attached to an aromatic ring is 1. The number of hydrogen-bond donors (Lipinski definition) is 3. The maximum absolute atomic E-state index is 11.9. The summed E-state index contributed by atoms with van der Waals surface area (Å²) >= 11 is 3.06. The van der Waals surface area contributed by atoms with E-state index >= 15 is 0 Å². The van der Waals surface area contributed by atoms with E-state index in [0.717, 1.165) is 29.2 Å². The fourth-order valence-corrected chi connectivity index (χ4v) is 4.33. The molecule has 0 saturated heterocycles. The van der Waals surface area contributed by atoms with Gasteiger partial charge in [0.15, 0.2) is 0 Å². The van der Waals surface area contributed by atoms with Crippen molar-refractivity contribution in [2.24, 2.45) is 0 Å². The molecule has 0 aliphatic heterocycles. The van der Waals surface area contributed by atoms with E-state index < -0.39 is 0 Å². The molecule has 21 heavy (non-hydrogen) atoms. The summed E-state index contributed by atoms with van der Waals surface area (Å²) in [5.41, 5.74) is 6.73. The van der Waals surface area contributed by atoms with Crippen molar-refractivity contribution in [3.8, 4) is 0 Å². The Morgan fingerprint density at radius 1 is 1.33 bits per heavy atom. The highest BCUT2D eigenvalue weighted by Gasteiger charge is 2.21. The van der Waals surface area contributed by atoms with Crippen LogP contribution in [0, 0.1) is 0 Å². The maximum Gasteiger partial charge on any atom is 0.263 e. The molecule has 0 aromatic carbocycles. The molecule has 0 aliphatic rings. The molecular formula is C15H27N3OS2. The van der Waals surface area contributed by atoms with E-state index in [-0.39, 0.29) is 5.91 Å². The van der Waals surface area contributed by atoms with Gasteiger partial charge in [0.25, 0.3) is 5.91 Å². The van der Waals surface area contributed by atoms with E-state index in [0.29, 0.717) is 16.6 Å². The lowest BCUT2D eigenvalue weighted by Gasteiger charge is -2.18. The molecule has 1 amide bonds. The third kappa shape index (κ3) is 4.81. The van der Waals surface area contributed by atoms with Gasteiger partial charge in [-0.05, 0) is 19.1 Å². The first kappa shape index (κ1) is 18.2. The predicted molar refractivity (Wildman–Crippen MR) is 95.7 cm³/mol. The van der Waals surface area contributed by atoms with Crippen LogP contribution >= 0.6 is 23.1 Å². The van der Waals surface area contributed by atoms with Crippen LogP contribution in [0.4, 0.5) is 10.7 Å². The third-order valence-electron chi connectivity index (χ3n) is 3.42. The molecule has 0 spiro atoms. The minimum absolute atomic E-state index is 0.110. The molecule has 6 heteroatoms. The normalized spacial score (nSPS) is 12.2. The van der Waals surface area contributed by atoms with Crippen LogP contribution in [0.15, 0.2) is 4.90 Å². The van der Waals surface area contributed by atoms with E-state index in [1.54, 1.807) is 18.8 Å². The monoisotopic (exact) mass is 329 g/mol. The summed E-state index contributed by atoms with van der Waals surface area (Å²) < 4.78 is 0. The average molecular weight is 330 g/mol. The Morgan fingerprint density at radius 3 is 2.57 bits per heavy atom. The number of rotatable bonds is 9. The Balaban J connectivity index is 2.96. The van der Waals surface area contributed by atoms with Gasteiger partial charge in [-0.2, -0.15) is 0 Å². The molecule has 0 saturated carbocycles. The smallest absolute Gasteiger partial charge is 0.263 e. The second-order valence-electron chi connectivity index (χ2n) is 5.06. The van der Waals surface area contributed by atoms with E-state index in [1.165, 1.54) is 24.2 Å². The number of unbranched alkanes of at least 4 members (excludes halogenated alkanes) is 1. The summed E-state index contributed by atoms with van der Waals surface area (Å²) in [6.07, 6.45) is 7.87. The second kappa shape index (κ2) is 9.20. The number of hydrogen-bond acceptors (Lipinski definition) is 5. The molecule has 1 aromatic rings. The number of anilines is 2. The van der Waals surface area contributed by atoms with Crippen LogP contribution in [-0.2, 0) is 0 Å². The SMILES string of the molecule is CCCCC(CCC)Nc1sc(C(=O)NC)c(N)c1SC. The fourth-order valence-electron chi connectivity index (χ4n) is 2.28. The van der Waals surface area contributed by atoms with Gasteiger partial charge < -0.3 is 16.4 Å². The quantitative estimate of drug-likeness (QED) is 0.595.